The van der Waals surface area contributed by atoms with Gasteiger partial charge in [0.05, 0.1) is 0 Å². The summed E-state index contributed by atoms with van der Waals surface area (Å²) in [5.74, 6) is 0.152. The topological polar surface area (TPSA) is 35.5 Å². The SMILES string of the molecule is CCOC1C=CC(C)C(C=O)O1. The molecule has 1 aliphatic rings. The molecule has 1 aliphatic heterocycles. The summed E-state index contributed by atoms with van der Waals surface area (Å²) in [6, 6.07) is 0. The van der Waals surface area contributed by atoms with Crippen LogP contribution in [0.15, 0.2) is 12.2 Å². The van der Waals surface area contributed by atoms with Crippen molar-refractivity contribution in [2.75, 3.05) is 6.61 Å². The second-order valence-electron chi connectivity index (χ2n) is 2.80. The lowest BCUT2D eigenvalue weighted by molar-refractivity contribution is -0.161. The number of hydrogen-bond acceptors (Lipinski definition) is 3. The van der Waals surface area contributed by atoms with Gasteiger partial charge in [0.1, 0.15) is 12.4 Å². The lowest BCUT2D eigenvalue weighted by Crippen LogP contribution is -2.32. The normalized spacial score (nSPS) is 35.0. The molecule has 0 aromatic rings. The van der Waals surface area contributed by atoms with Crippen LogP contribution < -0.4 is 0 Å². The van der Waals surface area contributed by atoms with Crippen LogP contribution in [0.4, 0.5) is 0 Å². The molecular formula is C9H14O3. The second-order valence-corrected chi connectivity index (χ2v) is 2.80. The van der Waals surface area contributed by atoms with Crippen LogP contribution in [0, 0.1) is 5.92 Å². The zero-order valence-corrected chi connectivity index (χ0v) is 7.40. The summed E-state index contributed by atoms with van der Waals surface area (Å²) >= 11 is 0. The summed E-state index contributed by atoms with van der Waals surface area (Å²) in [6.07, 6.45) is 3.91. The van der Waals surface area contributed by atoms with Crippen LogP contribution in [-0.2, 0) is 14.3 Å². The number of rotatable bonds is 3. The van der Waals surface area contributed by atoms with Gasteiger partial charge >= 0.3 is 0 Å². The van der Waals surface area contributed by atoms with Gasteiger partial charge in [0.25, 0.3) is 0 Å². The van der Waals surface area contributed by atoms with Crippen molar-refractivity contribution in [2.45, 2.75) is 26.2 Å². The van der Waals surface area contributed by atoms with Gasteiger partial charge in [-0.1, -0.05) is 13.0 Å². The maximum atomic E-state index is 10.5. The van der Waals surface area contributed by atoms with Crippen LogP contribution in [0.5, 0.6) is 0 Å². The van der Waals surface area contributed by atoms with Gasteiger partial charge < -0.3 is 14.3 Å². The fourth-order valence-electron chi connectivity index (χ4n) is 1.11. The van der Waals surface area contributed by atoms with Gasteiger partial charge in [0.2, 0.25) is 0 Å². The zero-order valence-electron chi connectivity index (χ0n) is 7.40. The lowest BCUT2D eigenvalue weighted by Gasteiger charge is -2.26. The van der Waals surface area contributed by atoms with E-state index in [1.54, 1.807) is 0 Å². The fraction of sp³-hybridized carbons (Fsp3) is 0.667. The van der Waals surface area contributed by atoms with Crippen molar-refractivity contribution in [3.8, 4) is 0 Å². The van der Waals surface area contributed by atoms with Crippen molar-refractivity contribution in [1.82, 2.24) is 0 Å². The molecule has 68 valence electrons. The minimum absolute atomic E-state index is 0.152. The first-order chi connectivity index (χ1) is 5.77. The van der Waals surface area contributed by atoms with Crippen LogP contribution >= 0.6 is 0 Å². The average molecular weight is 170 g/mol. The van der Waals surface area contributed by atoms with Crippen LogP contribution in [0.2, 0.25) is 0 Å². The maximum Gasteiger partial charge on any atom is 0.177 e. The Morgan fingerprint density at radius 2 is 2.33 bits per heavy atom. The molecular weight excluding hydrogens is 156 g/mol. The summed E-state index contributed by atoms with van der Waals surface area (Å²) < 4.78 is 10.5. The lowest BCUT2D eigenvalue weighted by atomic mass is 10.0. The van der Waals surface area contributed by atoms with E-state index < -0.39 is 0 Å². The Bertz CT molecular complexity index is 177. The van der Waals surface area contributed by atoms with E-state index in [1.807, 2.05) is 26.0 Å². The van der Waals surface area contributed by atoms with E-state index in [4.69, 9.17) is 9.47 Å². The Labute approximate surface area is 72.4 Å². The van der Waals surface area contributed by atoms with Gasteiger partial charge in [-0.3, -0.25) is 0 Å². The standard InChI is InChI=1S/C9H14O3/c1-3-11-9-5-4-7(2)8(6-10)12-9/h4-9H,3H2,1-2H3. The molecule has 0 N–H and O–H groups in total. The van der Waals surface area contributed by atoms with Gasteiger partial charge in [0.15, 0.2) is 6.29 Å². The third-order valence-electron chi connectivity index (χ3n) is 1.85. The molecule has 0 saturated heterocycles. The Morgan fingerprint density at radius 3 is 2.92 bits per heavy atom. The second kappa shape index (κ2) is 4.38. The highest BCUT2D eigenvalue weighted by Gasteiger charge is 2.23. The van der Waals surface area contributed by atoms with E-state index in [2.05, 4.69) is 0 Å². The largest absolute Gasteiger partial charge is 0.349 e. The smallest absolute Gasteiger partial charge is 0.177 e. The fourth-order valence-corrected chi connectivity index (χ4v) is 1.11. The molecule has 0 aromatic carbocycles. The van der Waals surface area contributed by atoms with Crippen molar-refractivity contribution < 1.29 is 14.3 Å². The van der Waals surface area contributed by atoms with Crippen LogP contribution in [0.1, 0.15) is 13.8 Å². The molecule has 0 radical (unpaired) electrons. The molecule has 1 rings (SSSR count). The highest BCUT2D eigenvalue weighted by molar-refractivity contribution is 5.57. The molecule has 3 unspecified atom stereocenters. The third-order valence-corrected chi connectivity index (χ3v) is 1.85. The summed E-state index contributed by atoms with van der Waals surface area (Å²) in [6.45, 7) is 4.43. The van der Waals surface area contributed by atoms with Crippen molar-refractivity contribution in [2.24, 2.45) is 5.92 Å². The minimum Gasteiger partial charge on any atom is -0.349 e. The maximum absolute atomic E-state index is 10.5. The highest BCUT2D eigenvalue weighted by atomic mass is 16.7. The first-order valence-corrected chi connectivity index (χ1v) is 4.18. The molecule has 0 bridgehead atoms. The number of carbonyl (C=O) groups excluding carboxylic acids is 1. The van der Waals surface area contributed by atoms with Crippen molar-refractivity contribution in [1.29, 1.82) is 0 Å². The molecule has 3 atom stereocenters. The predicted octanol–water partition coefficient (Wildman–Crippen LogP) is 1.14. The van der Waals surface area contributed by atoms with Gasteiger partial charge in [-0.25, -0.2) is 0 Å². The van der Waals surface area contributed by atoms with Crippen molar-refractivity contribution >= 4 is 6.29 Å². The monoisotopic (exact) mass is 170 g/mol. The van der Waals surface area contributed by atoms with Gasteiger partial charge in [-0.05, 0) is 13.0 Å². The first kappa shape index (κ1) is 9.42. The van der Waals surface area contributed by atoms with E-state index in [-0.39, 0.29) is 18.3 Å². The number of carbonyl (C=O) groups is 1. The van der Waals surface area contributed by atoms with Crippen LogP contribution in [-0.4, -0.2) is 25.3 Å². The third kappa shape index (κ3) is 2.16. The van der Waals surface area contributed by atoms with Gasteiger partial charge in [-0.2, -0.15) is 0 Å². The summed E-state index contributed by atoms with van der Waals surface area (Å²) in [4.78, 5) is 10.5. The van der Waals surface area contributed by atoms with Gasteiger partial charge in [0, 0.05) is 12.5 Å². The zero-order chi connectivity index (χ0) is 8.97. The number of ether oxygens (including phenoxy) is 2. The summed E-state index contributed by atoms with van der Waals surface area (Å²) in [7, 11) is 0. The molecule has 0 aliphatic carbocycles. The Kier molecular flexibility index (Phi) is 3.44. The summed E-state index contributed by atoms with van der Waals surface area (Å²) in [5, 5.41) is 0. The molecule has 0 spiro atoms. The van der Waals surface area contributed by atoms with E-state index in [0.29, 0.717) is 6.61 Å². The molecule has 3 heteroatoms. The predicted molar refractivity (Wildman–Crippen MR) is 44.7 cm³/mol. The summed E-state index contributed by atoms with van der Waals surface area (Å²) in [5.41, 5.74) is 0. The van der Waals surface area contributed by atoms with Crippen LogP contribution in [0.3, 0.4) is 0 Å². The Morgan fingerprint density at radius 1 is 1.58 bits per heavy atom. The molecule has 12 heavy (non-hydrogen) atoms. The molecule has 1 heterocycles. The number of aldehydes is 1. The van der Waals surface area contributed by atoms with E-state index in [0.717, 1.165) is 6.29 Å². The van der Waals surface area contributed by atoms with Crippen molar-refractivity contribution in [3.05, 3.63) is 12.2 Å². The van der Waals surface area contributed by atoms with Crippen LogP contribution in [0.25, 0.3) is 0 Å². The van der Waals surface area contributed by atoms with E-state index in [1.165, 1.54) is 0 Å². The van der Waals surface area contributed by atoms with Crippen molar-refractivity contribution in [3.63, 3.8) is 0 Å². The molecule has 0 saturated carbocycles. The molecule has 0 fully saturated rings. The molecule has 0 amide bonds. The van der Waals surface area contributed by atoms with E-state index in [9.17, 15) is 4.79 Å². The number of hydrogen-bond donors (Lipinski definition) is 0. The highest BCUT2D eigenvalue weighted by Crippen LogP contribution is 2.17. The minimum atomic E-state index is -0.355. The quantitative estimate of drug-likeness (QED) is 0.470. The average Bonchev–Trinajstić information content (AvgIpc) is 2.09. The van der Waals surface area contributed by atoms with E-state index >= 15 is 0 Å². The Balaban J connectivity index is 2.51. The first-order valence-electron chi connectivity index (χ1n) is 4.18. The Hall–Kier alpha value is -0.670. The molecule has 3 nitrogen and oxygen atoms in total. The van der Waals surface area contributed by atoms with Gasteiger partial charge in [-0.15, -0.1) is 0 Å². The molecule has 0 aromatic heterocycles.